The van der Waals surface area contributed by atoms with Gasteiger partial charge in [0.05, 0.1) is 12.2 Å². The van der Waals surface area contributed by atoms with Crippen LogP contribution in [0.3, 0.4) is 0 Å². The van der Waals surface area contributed by atoms with E-state index in [1.165, 1.54) is 0 Å². The third kappa shape index (κ3) is 4.60. The second kappa shape index (κ2) is 8.61. The average molecular weight is 378 g/mol. The minimum absolute atomic E-state index is 0.291. The molecule has 9 heteroatoms. The molecule has 2 heterocycles. The van der Waals surface area contributed by atoms with E-state index in [9.17, 15) is 14.4 Å². The predicted octanol–water partition coefficient (Wildman–Crippen LogP) is 0.915. The summed E-state index contributed by atoms with van der Waals surface area (Å²) < 4.78 is 20.9. The smallest absolute Gasteiger partial charge is 0.409 e. The highest BCUT2D eigenvalue weighted by Gasteiger charge is 2.25. The summed E-state index contributed by atoms with van der Waals surface area (Å²) in [5.74, 6) is 0.153. The lowest BCUT2D eigenvalue weighted by Crippen LogP contribution is -2.51. The molecule has 0 spiro atoms. The molecule has 2 amide bonds. The summed E-state index contributed by atoms with van der Waals surface area (Å²) in [5.41, 5.74) is 0.291. The summed E-state index contributed by atoms with van der Waals surface area (Å²) in [7, 11) is 0. The first-order valence-corrected chi connectivity index (χ1v) is 8.84. The molecule has 0 unspecified atom stereocenters. The van der Waals surface area contributed by atoms with Crippen LogP contribution in [0.1, 0.15) is 17.3 Å². The molecule has 27 heavy (non-hydrogen) atoms. The summed E-state index contributed by atoms with van der Waals surface area (Å²) in [5, 5.41) is 0. The molecule has 9 nitrogen and oxygen atoms in total. The third-order valence-corrected chi connectivity index (χ3v) is 4.26. The number of nitrogens with zero attached hydrogens (tertiary/aromatic N) is 2. The van der Waals surface area contributed by atoms with E-state index in [4.69, 9.17) is 18.9 Å². The minimum Gasteiger partial charge on any atom is -0.486 e. The molecule has 0 N–H and O–H groups in total. The molecule has 1 fully saturated rings. The molecule has 0 radical (unpaired) electrons. The van der Waals surface area contributed by atoms with E-state index in [1.54, 1.807) is 34.9 Å². The summed E-state index contributed by atoms with van der Waals surface area (Å²) >= 11 is 0. The highest BCUT2D eigenvalue weighted by Crippen LogP contribution is 2.30. The van der Waals surface area contributed by atoms with Crippen molar-refractivity contribution in [3.63, 3.8) is 0 Å². The molecule has 0 saturated carbocycles. The van der Waals surface area contributed by atoms with E-state index in [2.05, 4.69) is 0 Å². The van der Waals surface area contributed by atoms with Crippen LogP contribution in [-0.4, -0.2) is 80.4 Å². The molecule has 0 bridgehead atoms. The van der Waals surface area contributed by atoms with E-state index in [-0.39, 0.29) is 18.6 Å². The Balaban J connectivity index is 1.47. The van der Waals surface area contributed by atoms with E-state index >= 15 is 0 Å². The Morgan fingerprint density at radius 2 is 1.63 bits per heavy atom. The zero-order valence-electron chi connectivity index (χ0n) is 15.1. The molecule has 3 rings (SSSR count). The fourth-order valence-corrected chi connectivity index (χ4v) is 2.83. The maximum Gasteiger partial charge on any atom is 0.409 e. The highest BCUT2D eigenvalue weighted by atomic mass is 16.6. The van der Waals surface area contributed by atoms with Gasteiger partial charge in [0.25, 0.3) is 5.91 Å². The molecule has 0 atom stereocenters. The molecule has 1 aromatic carbocycles. The quantitative estimate of drug-likeness (QED) is 0.719. The second-order valence-corrected chi connectivity index (χ2v) is 6.00. The van der Waals surface area contributed by atoms with Crippen LogP contribution in [0.4, 0.5) is 4.79 Å². The van der Waals surface area contributed by atoms with Gasteiger partial charge in [-0.15, -0.1) is 0 Å². The lowest BCUT2D eigenvalue weighted by molar-refractivity contribution is -0.136. The number of rotatable bonds is 4. The number of ether oxygens (including phenoxy) is 4. The Labute approximate surface area is 156 Å². The number of fused-ring (bicyclic) bond motifs is 1. The van der Waals surface area contributed by atoms with Crippen molar-refractivity contribution < 1.29 is 33.3 Å². The standard InChI is InChI=1S/C18H22N2O7/c1-2-24-18(23)20-7-5-19(6-8-20)16(21)12-27-17(22)13-3-4-14-15(11-13)26-10-9-25-14/h3-4,11H,2,5-10,12H2,1H3. The van der Waals surface area contributed by atoms with Gasteiger partial charge in [-0.05, 0) is 25.1 Å². The number of hydrogen-bond acceptors (Lipinski definition) is 7. The van der Waals surface area contributed by atoms with Crippen molar-refractivity contribution in [3.8, 4) is 11.5 Å². The van der Waals surface area contributed by atoms with Crippen LogP contribution in [0, 0.1) is 0 Å². The summed E-state index contributed by atoms with van der Waals surface area (Å²) in [6.07, 6.45) is -0.380. The van der Waals surface area contributed by atoms with Gasteiger partial charge in [0.1, 0.15) is 13.2 Å². The van der Waals surface area contributed by atoms with E-state index in [0.717, 1.165) is 0 Å². The molecule has 1 saturated heterocycles. The van der Waals surface area contributed by atoms with E-state index in [0.29, 0.717) is 63.1 Å². The van der Waals surface area contributed by atoms with E-state index in [1.807, 2.05) is 0 Å². The van der Waals surface area contributed by atoms with Gasteiger partial charge < -0.3 is 28.7 Å². The monoisotopic (exact) mass is 378 g/mol. The van der Waals surface area contributed by atoms with Crippen LogP contribution in [-0.2, 0) is 14.3 Å². The van der Waals surface area contributed by atoms with Gasteiger partial charge >= 0.3 is 12.1 Å². The Bertz CT molecular complexity index is 714. The zero-order chi connectivity index (χ0) is 19.2. The molecule has 2 aliphatic heterocycles. The largest absolute Gasteiger partial charge is 0.486 e. The van der Waals surface area contributed by atoms with Crippen LogP contribution in [0.25, 0.3) is 0 Å². The minimum atomic E-state index is -0.606. The number of benzene rings is 1. The number of piperazine rings is 1. The van der Waals surface area contributed by atoms with Crippen LogP contribution < -0.4 is 9.47 Å². The summed E-state index contributed by atoms with van der Waals surface area (Å²) in [6, 6.07) is 4.75. The summed E-state index contributed by atoms with van der Waals surface area (Å²) in [4.78, 5) is 39.2. The first kappa shape index (κ1) is 18.8. The fourth-order valence-electron chi connectivity index (χ4n) is 2.83. The SMILES string of the molecule is CCOC(=O)N1CCN(C(=O)COC(=O)c2ccc3c(c2)OCCO3)CC1. The third-order valence-electron chi connectivity index (χ3n) is 4.26. The molecule has 146 valence electrons. The lowest BCUT2D eigenvalue weighted by atomic mass is 10.2. The van der Waals surface area contributed by atoms with Crippen LogP contribution in [0.2, 0.25) is 0 Å². The van der Waals surface area contributed by atoms with Gasteiger partial charge in [-0.2, -0.15) is 0 Å². The van der Waals surface area contributed by atoms with Crippen LogP contribution in [0.5, 0.6) is 11.5 Å². The van der Waals surface area contributed by atoms with Gasteiger partial charge in [-0.25, -0.2) is 9.59 Å². The molecule has 1 aromatic rings. The Morgan fingerprint density at radius 1 is 0.963 bits per heavy atom. The maximum atomic E-state index is 12.2. The van der Waals surface area contributed by atoms with Crippen LogP contribution in [0.15, 0.2) is 18.2 Å². The summed E-state index contributed by atoms with van der Waals surface area (Å²) in [6.45, 7) is 4.12. The molecule has 0 aliphatic carbocycles. The Kier molecular flexibility index (Phi) is 6.00. The van der Waals surface area contributed by atoms with Crippen molar-refractivity contribution in [2.24, 2.45) is 0 Å². The van der Waals surface area contributed by atoms with Gasteiger partial charge in [0.2, 0.25) is 0 Å². The second-order valence-electron chi connectivity index (χ2n) is 6.00. The van der Waals surface area contributed by atoms with Gasteiger partial charge in [0.15, 0.2) is 18.1 Å². The van der Waals surface area contributed by atoms with Crippen molar-refractivity contribution in [3.05, 3.63) is 23.8 Å². The molecular weight excluding hydrogens is 356 g/mol. The van der Waals surface area contributed by atoms with Gasteiger partial charge in [-0.1, -0.05) is 0 Å². The van der Waals surface area contributed by atoms with E-state index < -0.39 is 5.97 Å². The molecule has 2 aliphatic rings. The molecule has 0 aromatic heterocycles. The van der Waals surface area contributed by atoms with Gasteiger partial charge in [0, 0.05) is 26.2 Å². The topological polar surface area (TPSA) is 94.6 Å². The predicted molar refractivity (Wildman–Crippen MR) is 92.9 cm³/mol. The number of esters is 1. The number of amides is 2. The fraction of sp³-hybridized carbons (Fsp3) is 0.500. The van der Waals surface area contributed by atoms with Crippen molar-refractivity contribution in [1.82, 2.24) is 9.80 Å². The first-order chi connectivity index (χ1) is 13.1. The number of hydrogen-bond donors (Lipinski definition) is 0. The van der Waals surface area contributed by atoms with Crippen molar-refractivity contribution in [2.45, 2.75) is 6.92 Å². The first-order valence-electron chi connectivity index (χ1n) is 8.84. The van der Waals surface area contributed by atoms with Crippen LogP contribution >= 0.6 is 0 Å². The van der Waals surface area contributed by atoms with Crippen molar-refractivity contribution in [1.29, 1.82) is 0 Å². The van der Waals surface area contributed by atoms with Crippen molar-refractivity contribution in [2.75, 3.05) is 52.6 Å². The highest BCUT2D eigenvalue weighted by molar-refractivity contribution is 5.92. The van der Waals surface area contributed by atoms with Gasteiger partial charge in [-0.3, -0.25) is 4.79 Å². The normalized spacial score (nSPS) is 15.9. The molecular formula is C18H22N2O7. The Morgan fingerprint density at radius 3 is 2.33 bits per heavy atom. The lowest BCUT2D eigenvalue weighted by Gasteiger charge is -2.33. The number of carbonyl (C=O) groups is 3. The zero-order valence-corrected chi connectivity index (χ0v) is 15.1. The van der Waals surface area contributed by atoms with Crippen molar-refractivity contribution >= 4 is 18.0 Å². The number of carbonyl (C=O) groups excluding carboxylic acids is 3. The Hall–Kier alpha value is -2.97. The average Bonchev–Trinajstić information content (AvgIpc) is 2.71. The maximum absolute atomic E-state index is 12.2.